The molecule has 5 heteroatoms. The summed E-state index contributed by atoms with van der Waals surface area (Å²) in [7, 11) is 0. The van der Waals surface area contributed by atoms with E-state index < -0.39 is 5.97 Å². The van der Waals surface area contributed by atoms with Gasteiger partial charge in [-0.25, -0.2) is 9.78 Å². The van der Waals surface area contributed by atoms with Gasteiger partial charge in [0.25, 0.3) is 0 Å². The molecule has 5 nitrogen and oxygen atoms in total. The molecule has 1 heterocycles. The first-order valence-electron chi connectivity index (χ1n) is 4.21. The van der Waals surface area contributed by atoms with Gasteiger partial charge in [-0.1, -0.05) is 0 Å². The Morgan fingerprint density at radius 3 is 2.57 bits per heavy atom. The predicted molar refractivity (Wildman–Crippen MR) is 47.2 cm³/mol. The van der Waals surface area contributed by atoms with Gasteiger partial charge in [0.1, 0.15) is 0 Å². The lowest BCUT2D eigenvalue weighted by Crippen LogP contribution is -2.04. The number of carbonyl (C=O) groups excluding carboxylic acids is 2. The van der Waals surface area contributed by atoms with Gasteiger partial charge < -0.3 is 9.15 Å². The Kier molecular flexibility index (Phi) is 3.01. The second-order valence-electron chi connectivity index (χ2n) is 2.71. The summed E-state index contributed by atoms with van der Waals surface area (Å²) in [5, 5.41) is 0. The minimum atomic E-state index is -0.650. The molecule has 1 aromatic rings. The average molecular weight is 197 g/mol. The minimum Gasteiger partial charge on any atom is -0.459 e. The largest absolute Gasteiger partial charge is 0.459 e. The fraction of sp³-hybridized carbons (Fsp3) is 0.444. The Morgan fingerprint density at radius 2 is 2.14 bits per heavy atom. The maximum absolute atomic E-state index is 11.1. The lowest BCUT2D eigenvalue weighted by Gasteiger charge is -1.94. The van der Waals surface area contributed by atoms with Crippen LogP contribution in [0, 0.1) is 6.92 Å². The Morgan fingerprint density at radius 1 is 1.50 bits per heavy atom. The van der Waals surface area contributed by atoms with Crippen LogP contribution in [0.3, 0.4) is 0 Å². The van der Waals surface area contributed by atoms with Gasteiger partial charge in [0.2, 0.25) is 0 Å². The number of aromatic nitrogens is 1. The molecule has 0 saturated heterocycles. The van der Waals surface area contributed by atoms with Crippen LogP contribution in [0.25, 0.3) is 0 Å². The van der Waals surface area contributed by atoms with Crippen molar-refractivity contribution in [2.75, 3.05) is 6.61 Å². The Balaban J connectivity index is 2.96. The zero-order valence-electron chi connectivity index (χ0n) is 8.29. The summed E-state index contributed by atoms with van der Waals surface area (Å²) in [5.74, 6) is -0.976. The Labute approximate surface area is 81.1 Å². The van der Waals surface area contributed by atoms with Crippen molar-refractivity contribution in [2.24, 2.45) is 0 Å². The molecule has 0 N–H and O–H groups in total. The molecule has 0 aliphatic rings. The molecule has 0 bridgehead atoms. The number of ketones is 1. The van der Waals surface area contributed by atoms with E-state index in [9.17, 15) is 9.59 Å². The van der Waals surface area contributed by atoms with Gasteiger partial charge >= 0.3 is 11.9 Å². The van der Waals surface area contributed by atoms with Crippen LogP contribution in [-0.4, -0.2) is 23.3 Å². The number of oxazole rings is 1. The van der Waals surface area contributed by atoms with E-state index >= 15 is 0 Å². The normalized spacial score (nSPS) is 9.93. The number of esters is 1. The first-order chi connectivity index (χ1) is 6.56. The van der Waals surface area contributed by atoms with E-state index in [2.05, 4.69) is 9.72 Å². The molecule has 0 aliphatic heterocycles. The quantitative estimate of drug-likeness (QED) is 0.540. The van der Waals surface area contributed by atoms with E-state index in [1.54, 1.807) is 13.8 Å². The van der Waals surface area contributed by atoms with Gasteiger partial charge in [0.05, 0.1) is 12.3 Å². The van der Waals surface area contributed by atoms with Crippen molar-refractivity contribution >= 4 is 11.8 Å². The lowest BCUT2D eigenvalue weighted by molar-refractivity contribution is 0.0479. The highest BCUT2D eigenvalue weighted by molar-refractivity contribution is 5.93. The van der Waals surface area contributed by atoms with Gasteiger partial charge in [-0.15, -0.1) is 0 Å². The highest BCUT2D eigenvalue weighted by atomic mass is 16.5. The fourth-order valence-corrected chi connectivity index (χ4v) is 1.00. The first-order valence-corrected chi connectivity index (χ1v) is 4.21. The van der Waals surface area contributed by atoms with E-state index in [4.69, 9.17) is 4.42 Å². The van der Waals surface area contributed by atoms with E-state index in [1.807, 2.05) is 0 Å². The van der Waals surface area contributed by atoms with Crippen LogP contribution < -0.4 is 0 Å². The zero-order valence-corrected chi connectivity index (χ0v) is 8.29. The molecule has 1 aromatic heterocycles. The van der Waals surface area contributed by atoms with Gasteiger partial charge in [-0.05, 0) is 13.8 Å². The monoisotopic (exact) mass is 197 g/mol. The number of Topliss-reactive ketones (excluding diaryl/α,β-unsaturated/α-hetero) is 1. The molecule has 14 heavy (non-hydrogen) atoms. The number of aryl methyl sites for hydroxylation is 1. The summed E-state index contributed by atoms with van der Waals surface area (Å²) in [6.45, 7) is 4.88. The van der Waals surface area contributed by atoms with E-state index in [1.165, 1.54) is 6.92 Å². The van der Waals surface area contributed by atoms with Crippen LogP contribution in [0.2, 0.25) is 0 Å². The third-order valence-corrected chi connectivity index (χ3v) is 1.57. The van der Waals surface area contributed by atoms with Gasteiger partial charge in [0, 0.05) is 6.92 Å². The Bertz CT molecular complexity index is 367. The third kappa shape index (κ3) is 1.99. The number of hydrogen-bond donors (Lipinski definition) is 0. The molecule has 0 fully saturated rings. The van der Waals surface area contributed by atoms with Crippen molar-refractivity contribution in [3.05, 3.63) is 17.3 Å². The summed E-state index contributed by atoms with van der Waals surface area (Å²) < 4.78 is 9.62. The molecule has 0 amide bonds. The van der Waals surface area contributed by atoms with Crippen LogP contribution in [0.15, 0.2) is 4.42 Å². The van der Waals surface area contributed by atoms with Crippen LogP contribution in [0.5, 0.6) is 0 Å². The van der Waals surface area contributed by atoms with Gasteiger partial charge in [-0.2, -0.15) is 0 Å². The van der Waals surface area contributed by atoms with Crippen LogP contribution in [0.1, 0.15) is 40.8 Å². The van der Waals surface area contributed by atoms with Gasteiger partial charge in [-0.3, -0.25) is 4.79 Å². The number of carbonyl (C=O) groups is 2. The lowest BCUT2D eigenvalue weighted by atomic mass is 10.3. The first kappa shape index (κ1) is 10.4. The highest BCUT2D eigenvalue weighted by Gasteiger charge is 2.19. The number of rotatable bonds is 3. The summed E-state index contributed by atoms with van der Waals surface area (Å²) in [6, 6.07) is 0. The van der Waals surface area contributed by atoms with Crippen molar-refractivity contribution in [1.82, 2.24) is 4.98 Å². The molecular formula is C9H11NO4. The van der Waals surface area contributed by atoms with Crippen LogP contribution >= 0.6 is 0 Å². The maximum Gasteiger partial charge on any atom is 0.394 e. The second kappa shape index (κ2) is 4.04. The maximum atomic E-state index is 11.1. The summed E-state index contributed by atoms with van der Waals surface area (Å²) in [6.07, 6.45) is 0. The minimum absolute atomic E-state index is 0.105. The number of hydrogen-bond acceptors (Lipinski definition) is 5. The SMILES string of the molecule is CCOC(=O)c1nc(C)c(C(C)=O)o1. The van der Waals surface area contributed by atoms with Crippen molar-refractivity contribution in [1.29, 1.82) is 0 Å². The van der Waals surface area contributed by atoms with E-state index in [-0.39, 0.29) is 24.0 Å². The molecular weight excluding hydrogens is 186 g/mol. The molecule has 0 atom stereocenters. The van der Waals surface area contributed by atoms with Crippen LogP contribution in [-0.2, 0) is 4.74 Å². The number of nitrogens with zero attached hydrogens (tertiary/aromatic N) is 1. The zero-order chi connectivity index (χ0) is 10.7. The van der Waals surface area contributed by atoms with Crippen molar-refractivity contribution in [3.63, 3.8) is 0 Å². The molecule has 1 rings (SSSR count). The summed E-state index contributed by atoms with van der Waals surface area (Å²) in [4.78, 5) is 25.9. The fourth-order valence-electron chi connectivity index (χ4n) is 1.00. The average Bonchev–Trinajstić information content (AvgIpc) is 2.48. The van der Waals surface area contributed by atoms with Crippen molar-refractivity contribution in [2.45, 2.75) is 20.8 Å². The highest BCUT2D eigenvalue weighted by Crippen LogP contribution is 2.11. The molecule has 0 spiro atoms. The molecule has 0 radical (unpaired) electrons. The standard InChI is InChI=1S/C9H11NO4/c1-4-13-9(12)8-10-5(2)7(14-8)6(3)11/h4H2,1-3H3. The molecule has 0 aromatic carbocycles. The van der Waals surface area contributed by atoms with Gasteiger partial charge in [0.15, 0.2) is 11.5 Å². The molecule has 76 valence electrons. The predicted octanol–water partition coefficient (Wildman–Crippen LogP) is 1.36. The topological polar surface area (TPSA) is 69.4 Å². The van der Waals surface area contributed by atoms with E-state index in [0.717, 1.165) is 0 Å². The third-order valence-electron chi connectivity index (χ3n) is 1.57. The van der Waals surface area contributed by atoms with Crippen molar-refractivity contribution in [3.8, 4) is 0 Å². The summed E-state index contributed by atoms with van der Waals surface area (Å²) >= 11 is 0. The summed E-state index contributed by atoms with van der Waals surface area (Å²) in [5.41, 5.74) is 0.403. The number of ether oxygens (including phenoxy) is 1. The van der Waals surface area contributed by atoms with Crippen LogP contribution in [0.4, 0.5) is 0 Å². The second-order valence-corrected chi connectivity index (χ2v) is 2.71. The molecule has 0 unspecified atom stereocenters. The van der Waals surface area contributed by atoms with E-state index in [0.29, 0.717) is 5.69 Å². The molecule has 0 aliphatic carbocycles. The molecule has 0 saturated carbocycles. The Hall–Kier alpha value is -1.65. The smallest absolute Gasteiger partial charge is 0.394 e. The van der Waals surface area contributed by atoms with Crippen molar-refractivity contribution < 1.29 is 18.7 Å².